The molecule has 3 heteroatoms. The molecule has 2 rings (SSSR count). The van der Waals surface area contributed by atoms with E-state index in [1.165, 1.54) is 37.8 Å². The third-order valence-corrected chi connectivity index (χ3v) is 3.40. The Labute approximate surface area is 96.0 Å². The molecule has 0 heterocycles. The molecule has 88 valence electrons. The van der Waals surface area contributed by atoms with Crippen LogP contribution in [0.5, 0.6) is 0 Å². The molecule has 1 aliphatic rings. The zero-order valence-electron chi connectivity index (χ0n) is 9.45. The third kappa shape index (κ3) is 2.73. The Morgan fingerprint density at radius 1 is 1.38 bits per heavy atom. The minimum Gasteiger partial charge on any atom is -0.381 e. The van der Waals surface area contributed by atoms with Crippen molar-refractivity contribution in [2.24, 2.45) is 11.7 Å². The van der Waals surface area contributed by atoms with Crippen molar-refractivity contribution in [3.63, 3.8) is 0 Å². The van der Waals surface area contributed by atoms with Crippen molar-refractivity contribution in [3.05, 3.63) is 30.1 Å². The molecule has 1 unspecified atom stereocenters. The summed E-state index contributed by atoms with van der Waals surface area (Å²) in [6.07, 6.45) is 5.08. The average molecular weight is 222 g/mol. The largest absolute Gasteiger partial charge is 0.381 e. The number of hydrogen-bond donors (Lipinski definition) is 2. The van der Waals surface area contributed by atoms with E-state index in [9.17, 15) is 4.39 Å². The van der Waals surface area contributed by atoms with E-state index >= 15 is 0 Å². The third-order valence-electron chi connectivity index (χ3n) is 3.40. The molecule has 1 saturated carbocycles. The van der Waals surface area contributed by atoms with E-state index in [2.05, 4.69) is 5.32 Å². The van der Waals surface area contributed by atoms with E-state index in [4.69, 9.17) is 5.73 Å². The van der Waals surface area contributed by atoms with Gasteiger partial charge in [-0.25, -0.2) is 4.39 Å². The molecule has 3 N–H and O–H groups in total. The maximum Gasteiger partial charge on any atom is 0.125 e. The van der Waals surface area contributed by atoms with Gasteiger partial charge in [-0.2, -0.15) is 0 Å². The van der Waals surface area contributed by atoms with Crippen LogP contribution >= 0.6 is 0 Å². The fourth-order valence-electron chi connectivity index (χ4n) is 2.52. The van der Waals surface area contributed by atoms with E-state index in [-0.39, 0.29) is 11.9 Å². The molecule has 1 aromatic rings. The predicted octanol–water partition coefficient (Wildman–Crippen LogP) is 2.76. The van der Waals surface area contributed by atoms with Gasteiger partial charge >= 0.3 is 0 Å². The molecule has 0 bridgehead atoms. The van der Waals surface area contributed by atoms with Gasteiger partial charge in [-0.3, -0.25) is 0 Å². The maximum atomic E-state index is 13.0. The number of nitrogens with one attached hydrogen (secondary N) is 1. The highest BCUT2D eigenvalue weighted by atomic mass is 19.1. The summed E-state index contributed by atoms with van der Waals surface area (Å²) in [6.45, 7) is 0.612. The second-order valence-corrected chi connectivity index (χ2v) is 4.54. The zero-order valence-corrected chi connectivity index (χ0v) is 9.45. The van der Waals surface area contributed by atoms with Crippen LogP contribution in [0.1, 0.15) is 25.7 Å². The lowest BCUT2D eigenvalue weighted by Crippen LogP contribution is -2.35. The number of rotatable bonds is 4. The lowest BCUT2D eigenvalue weighted by molar-refractivity contribution is 0.462. The summed E-state index contributed by atoms with van der Waals surface area (Å²) < 4.78 is 13.0. The normalized spacial score (nSPS) is 18.6. The molecule has 0 aliphatic heterocycles. The molecule has 0 amide bonds. The highest BCUT2D eigenvalue weighted by Crippen LogP contribution is 2.29. The summed E-state index contributed by atoms with van der Waals surface area (Å²) in [5.41, 5.74) is 6.62. The highest BCUT2D eigenvalue weighted by molar-refractivity contribution is 5.44. The lowest BCUT2D eigenvalue weighted by Gasteiger charge is -2.24. The van der Waals surface area contributed by atoms with Crippen molar-refractivity contribution in [3.8, 4) is 0 Å². The molecular formula is C13H19FN2. The van der Waals surface area contributed by atoms with Crippen LogP contribution in [0.2, 0.25) is 0 Å². The van der Waals surface area contributed by atoms with Crippen molar-refractivity contribution >= 4 is 5.69 Å². The first-order chi connectivity index (χ1) is 7.79. The Hall–Kier alpha value is -1.09. The van der Waals surface area contributed by atoms with Crippen LogP contribution in [0, 0.1) is 11.7 Å². The van der Waals surface area contributed by atoms with Crippen molar-refractivity contribution < 1.29 is 4.39 Å². The molecule has 0 saturated heterocycles. The molecule has 1 aromatic carbocycles. The Balaban J connectivity index is 2.00. The quantitative estimate of drug-likeness (QED) is 0.822. The van der Waals surface area contributed by atoms with Crippen LogP contribution in [0.3, 0.4) is 0 Å². The van der Waals surface area contributed by atoms with Gasteiger partial charge in [0.2, 0.25) is 0 Å². The molecule has 1 atom stereocenters. The summed E-state index contributed by atoms with van der Waals surface area (Å²) in [5, 5.41) is 3.35. The van der Waals surface area contributed by atoms with E-state index in [1.54, 1.807) is 6.07 Å². The van der Waals surface area contributed by atoms with Crippen molar-refractivity contribution in [1.82, 2.24) is 0 Å². The Morgan fingerprint density at radius 3 is 2.75 bits per heavy atom. The summed E-state index contributed by atoms with van der Waals surface area (Å²) in [5.74, 6) is 0.445. The molecule has 1 fully saturated rings. The number of benzene rings is 1. The van der Waals surface area contributed by atoms with Gasteiger partial charge in [0, 0.05) is 18.3 Å². The smallest absolute Gasteiger partial charge is 0.125 e. The van der Waals surface area contributed by atoms with Gasteiger partial charge in [-0.15, -0.1) is 0 Å². The van der Waals surface area contributed by atoms with Crippen LogP contribution < -0.4 is 11.1 Å². The zero-order chi connectivity index (χ0) is 11.4. The van der Waals surface area contributed by atoms with Crippen LogP contribution in [-0.4, -0.2) is 12.6 Å². The summed E-state index contributed by atoms with van der Waals surface area (Å²) in [7, 11) is 0. The van der Waals surface area contributed by atoms with Crippen LogP contribution in [0.25, 0.3) is 0 Å². The Morgan fingerprint density at radius 2 is 2.12 bits per heavy atom. The molecule has 16 heavy (non-hydrogen) atoms. The first kappa shape index (κ1) is 11.4. The number of anilines is 1. The van der Waals surface area contributed by atoms with Crippen LogP contribution in [0.15, 0.2) is 24.3 Å². The summed E-state index contributed by atoms with van der Waals surface area (Å²) in [6, 6.07) is 6.88. The number of halogens is 1. The minimum absolute atomic E-state index is 0.202. The Kier molecular flexibility index (Phi) is 3.78. The average Bonchev–Trinajstić information content (AvgIpc) is 2.79. The van der Waals surface area contributed by atoms with Gasteiger partial charge in [-0.05, 0) is 37.0 Å². The molecule has 0 aromatic heterocycles. The maximum absolute atomic E-state index is 13.0. The SMILES string of the molecule is NCC(Nc1cccc(F)c1)C1CCCC1. The van der Waals surface area contributed by atoms with Crippen molar-refractivity contribution in [2.75, 3.05) is 11.9 Å². The predicted molar refractivity (Wildman–Crippen MR) is 64.8 cm³/mol. The second-order valence-electron chi connectivity index (χ2n) is 4.54. The molecular weight excluding hydrogens is 203 g/mol. The van der Waals surface area contributed by atoms with Gasteiger partial charge < -0.3 is 11.1 Å². The number of nitrogens with two attached hydrogens (primary N) is 1. The van der Waals surface area contributed by atoms with Crippen LogP contribution in [0.4, 0.5) is 10.1 Å². The molecule has 1 aliphatic carbocycles. The van der Waals surface area contributed by atoms with E-state index in [0.29, 0.717) is 12.5 Å². The molecule has 0 radical (unpaired) electrons. The first-order valence-corrected chi connectivity index (χ1v) is 6.02. The summed E-state index contributed by atoms with van der Waals surface area (Å²) >= 11 is 0. The number of hydrogen-bond acceptors (Lipinski definition) is 2. The van der Waals surface area contributed by atoms with Crippen molar-refractivity contribution in [1.29, 1.82) is 0 Å². The fourth-order valence-corrected chi connectivity index (χ4v) is 2.52. The van der Waals surface area contributed by atoms with Crippen molar-refractivity contribution in [2.45, 2.75) is 31.7 Å². The lowest BCUT2D eigenvalue weighted by atomic mass is 9.98. The molecule has 2 nitrogen and oxygen atoms in total. The van der Waals surface area contributed by atoms with Gasteiger partial charge in [-0.1, -0.05) is 18.9 Å². The monoisotopic (exact) mass is 222 g/mol. The second kappa shape index (κ2) is 5.30. The topological polar surface area (TPSA) is 38.0 Å². The van der Waals surface area contributed by atoms with Gasteiger partial charge in [0.1, 0.15) is 5.82 Å². The van der Waals surface area contributed by atoms with Gasteiger partial charge in [0.05, 0.1) is 0 Å². The van der Waals surface area contributed by atoms with E-state index in [1.807, 2.05) is 6.07 Å². The van der Waals surface area contributed by atoms with Gasteiger partial charge in [0.15, 0.2) is 0 Å². The van der Waals surface area contributed by atoms with Gasteiger partial charge in [0.25, 0.3) is 0 Å². The van der Waals surface area contributed by atoms with E-state index < -0.39 is 0 Å². The van der Waals surface area contributed by atoms with Crippen LogP contribution in [-0.2, 0) is 0 Å². The minimum atomic E-state index is -0.202. The summed E-state index contributed by atoms with van der Waals surface area (Å²) in [4.78, 5) is 0. The fraction of sp³-hybridized carbons (Fsp3) is 0.538. The van der Waals surface area contributed by atoms with E-state index in [0.717, 1.165) is 5.69 Å². The Bertz CT molecular complexity index is 334. The standard InChI is InChI=1S/C13H19FN2/c14-11-6-3-7-12(8-11)16-13(9-15)10-4-1-2-5-10/h3,6-8,10,13,16H,1-2,4-5,9,15H2. The highest BCUT2D eigenvalue weighted by Gasteiger charge is 2.23. The molecule has 0 spiro atoms. The first-order valence-electron chi connectivity index (χ1n) is 6.02.